The second-order valence-electron chi connectivity index (χ2n) is 5.01. The van der Waals surface area contributed by atoms with Gasteiger partial charge in [-0.05, 0) is 38.6 Å². The van der Waals surface area contributed by atoms with Gasteiger partial charge in [-0.15, -0.1) is 11.3 Å². The van der Waals surface area contributed by atoms with E-state index in [1.807, 2.05) is 7.05 Å². The van der Waals surface area contributed by atoms with Crippen LogP contribution in [-0.2, 0) is 21.2 Å². The quantitative estimate of drug-likeness (QED) is 0.836. The Morgan fingerprint density at radius 2 is 2.30 bits per heavy atom. The van der Waals surface area contributed by atoms with Gasteiger partial charge in [-0.3, -0.25) is 4.79 Å². The fraction of sp³-hybridized carbons (Fsp3) is 0.583. The number of carboxylic acids is 1. The largest absolute Gasteiger partial charge is 0.481 e. The second-order valence-corrected chi connectivity index (χ2v) is 8.12. The molecule has 0 radical (unpaired) electrons. The topological polar surface area (TPSA) is 86.7 Å². The smallest absolute Gasteiger partial charge is 0.308 e. The van der Waals surface area contributed by atoms with Crippen molar-refractivity contribution in [3.05, 3.63) is 17.0 Å². The number of hydrogen-bond acceptors (Lipinski definition) is 5. The summed E-state index contributed by atoms with van der Waals surface area (Å²) in [5.74, 6) is -0.960. The number of nitrogens with zero attached hydrogens (tertiary/aromatic N) is 1. The van der Waals surface area contributed by atoms with E-state index in [-0.39, 0.29) is 16.7 Å². The Morgan fingerprint density at radius 1 is 1.55 bits per heavy atom. The van der Waals surface area contributed by atoms with Crippen LogP contribution in [0.15, 0.2) is 16.3 Å². The van der Waals surface area contributed by atoms with E-state index in [1.165, 1.54) is 6.07 Å². The SMILES string of the molecule is CN1CCCC(NS(=O)(=O)c2ccc(CC(=O)O)s2)C1. The van der Waals surface area contributed by atoms with Gasteiger partial charge in [-0.25, -0.2) is 13.1 Å². The van der Waals surface area contributed by atoms with Gasteiger partial charge in [0, 0.05) is 17.5 Å². The molecular formula is C12H18N2O4S2. The van der Waals surface area contributed by atoms with Gasteiger partial charge in [0.1, 0.15) is 4.21 Å². The molecule has 1 aromatic rings. The third-order valence-corrected chi connectivity index (χ3v) is 6.27. The number of likely N-dealkylation sites (tertiary alicyclic amines) is 1. The molecule has 1 unspecified atom stereocenters. The minimum Gasteiger partial charge on any atom is -0.481 e. The monoisotopic (exact) mass is 318 g/mol. The first-order chi connectivity index (χ1) is 9.37. The molecule has 6 nitrogen and oxygen atoms in total. The molecular weight excluding hydrogens is 300 g/mol. The Morgan fingerprint density at radius 3 is 2.95 bits per heavy atom. The van der Waals surface area contributed by atoms with Gasteiger partial charge in [0.25, 0.3) is 0 Å². The van der Waals surface area contributed by atoms with Crippen molar-refractivity contribution in [2.24, 2.45) is 0 Å². The number of aliphatic carboxylic acids is 1. The van der Waals surface area contributed by atoms with E-state index in [2.05, 4.69) is 9.62 Å². The molecule has 1 aromatic heterocycles. The molecule has 0 aliphatic carbocycles. The van der Waals surface area contributed by atoms with E-state index in [4.69, 9.17) is 5.11 Å². The molecule has 1 saturated heterocycles. The van der Waals surface area contributed by atoms with Gasteiger partial charge in [0.15, 0.2) is 0 Å². The van der Waals surface area contributed by atoms with E-state index in [9.17, 15) is 13.2 Å². The summed E-state index contributed by atoms with van der Waals surface area (Å²) in [6.07, 6.45) is 1.65. The van der Waals surface area contributed by atoms with Gasteiger partial charge in [0.2, 0.25) is 10.0 Å². The van der Waals surface area contributed by atoms with Crippen LogP contribution < -0.4 is 4.72 Å². The van der Waals surface area contributed by atoms with Crippen molar-refractivity contribution in [1.29, 1.82) is 0 Å². The molecule has 2 rings (SSSR count). The van der Waals surface area contributed by atoms with Gasteiger partial charge in [-0.1, -0.05) is 0 Å². The van der Waals surface area contributed by atoms with Gasteiger partial charge in [0.05, 0.1) is 6.42 Å². The summed E-state index contributed by atoms with van der Waals surface area (Å²) >= 11 is 1.01. The molecule has 20 heavy (non-hydrogen) atoms. The number of rotatable bonds is 5. The van der Waals surface area contributed by atoms with E-state index >= 15 is 0 Å². The molecule has 1 aliphatic heterocycles. The summed E-state index contributed by atoms with van der Waals surface area (Å²) in [6, 6.07) is 2.95. The summed E-state index contributed by atoms with van der Waals surface area (Å²) in [6.45, 7) is 1.69. The maximum absolute atomic E-state index is 12.2. The molecule has 0 aromatic carbocycles. The highest BCUT2D eigenvalue weighted by molar-refractivity contribution is 7.91. The van der Waals surface area contributed by atoms with Crippen LogP contribution in [0.25, 0.3) is 0 Å². The minimum atomic E-state index is -3.55. The first-order valence-electron chi connectivity index (χ1n) is 6.38. The number of thiophene rings is 1. The lowest BCUT2D eigenvalue weighted by Crippen LogP contribution is -2.46. The Balaban J connectivity index is 2.06. The van der Waals surface area contributed by atoms with Crippen LogP contribution in [0.2, 0.25) is 0 Å². The Labute approximate surface area is 122 Å². The molecule has 8 heteroatoms. The summed E-state index contributed by atoms with van der Waals surface area (Å²) in [4.78, 5) is 13.3. The average Bonchev–Trinajstić information content (AvgIpc) is 2.76. The van der Waals surface area contributed by atoms with Gasteiger partial charge in [-0.2, -0.15) is 0 Å². The predicted molar refractivity (Wildman–Crippen MR) is 76.5 cm³/mol. The van der Waals surface area contributed by atoms with Crippen molar-refractivity contribution in [3.8, 4) is 0 Å². The summed E-state index contributed by atoms with van der Waals surface area (Å²) in [5.41, 5.74) is 0. The fourth-order valence-electron chi connectivity index (χ4n) is 2.29. The van der Waals surface area contributed by atoms with E-state index in [1.54, 1.807) is 6.07 Å². The molecule has 0 spiro atoms. The van der Waals surface area contributed by atoms with Crippen LogP contribution in [0.5, 0.6) is 0 Å². The van der Waals surface area contributed by atoms with E-state index < -0.39 is 16.0 Å². The molecule has 0 amide bonds. The molecule has 0 bridgehead atoms. The number of hydrogen-bond donors (Lipinski definition) is 2. The van der Waals surface area contributed by atoms with Gasteiger partial charge >= 0.3 is 5.97 Å². The second kappa shape index (κ2) is 6.21. The summed E-state index contributed by atoms with van der Waals surface area (Å²) < 4.78 is 27.4. The lowest BCUT2D eigenvalue weighted by Gasteiger charge is -2.29. The van der Waals surface area contributed by atoms with Crippen LogP contribution in [-0.4, -0.2) is 50.6 Å². The van der Waals surface area contributed by atoms with Crippen LogP contribution >= 0.6 is 11.3 Å². The van der Waals surface area contributed by atoms with Crippen molar-refractivity contribution in [1.82, 2.24) is 9.62 Å². The number of piperidine rings is 1. The summed E-state index contributed by atoms with van der Waals surface area (Å²) in [7, 11) is -1.58. The first kappa shape index (κ1) is 15.4. The molecule has 2 N–H and O–H groups in total. The predicted octanol–water partition coefficient (Wildman–Crippen LogP) is 0.748. The molecule has 112 valence electrons. The normalized spacial score (nSPS) is 20.9. The van der Waals surface area contributed by atoms with Crippen molar-refractivity contribution >= 4 is 27.3 Å². The highest BCUT2D eigenvalue weighted by Gasteiger charge is 2.25. The lowest BCUT2D eigenvalue weighted by molar-refractivity contribution is -0.136. The van der Waals surface area contributed by atoms with Crippen molar-refractivity contribution < 1.29 is 18.3 Å². The number of carboxylic acid groups (broad SMARTS) is 1. The van der Waals surface area contributed by atoms with Crippen LogP contribution in [0.3, 0.4) is 0 Å². The third-order valence-electron chi connectivity index (χ3n) is 3.17. The Kier molecular flexibility index (Phi) is 4.79. The Bertz CT molecular complexity index is 582. The highest BCUT2D eigenvalue weighted by atomic mass is 32.2. The average molecular weight is 318 g/mol. The maximum Gasteiger partial charge on any atom is 0.308 e. The maximum atomic E-state index is 12.2. The first-order valence-corrected chi connectivity index (χ1v) is 8.68. The van der Waals surface area contributed by atoms with Crippen LogP contribution in [0.4, 0.5) is 0 Å². The molecule has 0 saturated carbocycles. The Hall–Kier alpha value is -0.960. The number of carbonyl (C=O) groups is 1. The van der Waals surface area contributed by atoms with E-state index in [0.717, 1.165) is 30.7 Å². The molecule has 1 atom stereocenters. The molecule has 2 heterocycles. The standard InChI is InChI=1S/C12H18N2O4S2/c1-14-6-2-3-9(8-14)13-20(17,18)12-5-4-10(19-12)7-11(15)16/h4-5,9,13H,2-3,6-8H2,1H3,(H,15,16). The van der Waals surface area contributed by atoms with Crippen LogP contribution in [0, 0.1) is 0 Å². The number of nitrogens with one attached hydrogen (secondary N) is 1. The van der Waals surface area contributed by atoms with Crippen molar-refractivity contribution in [2.75, 3.05) is 20.1 Å². The molecule has 1 aliphatic rings. The summed E-state index contributed by atoms with van der Waals surface area (Å²) in [5, 5.41) is 8.71. The number of likely N-dealkylation sites (N-methyl/N-ethyl adjacent to an activating group) is 1. The number of sulfonamides is 1. The third kappa shape index (κ3) is 4.02. The van der Waals surface area contributed by atoms with Crippen LogP contribution in [0.1, 0.15) is 17.7 Å². The zero-order valence-electron chi connectivity index (χ0n) is 11.2. The van der Waals surface area contributed by atoms with Crippen molar-refractivity contribution in [3.63, 3.8) is 0 Å². The zero-order valence-corrected chi connectivity index (χ0v) is 12.8. The van der Waals surface area contributed by atoms with Crippen molar-refractivity contribution in [2.45, 2.75) is 29.5 Å². The fourth-order valence-corrected chi connectivity index (χ4v) is 4.91. The molecule has 1 fully saturated rings. The minimum absolute atomic E-state index is 0.0798. The van der Waals surface area contributed by atoms with E-state index in [0.29, 0.717) is 11.4 Å². The van der Waals surface area contributed by atoms with Gasteiger partial charge < -0.3 is 10.0 Å². The lowest BCUT2D eigenvalue weighted by atomic mass is 10.1. The highest BCUT2D eigenvalue weighted by Crippen LogP contribution is 2.23. The zero-order chi connectivity index (χ0) is 14.8.